The second-order valence-corrected chi connectivity index (χ2v) is 8.41. The first kappa shape index (κ1) is 15.4. The van der Waals surface area contributed by atoms with E-state index in [9.17, 15) is 14.6 Å². The number of allylic oxidation sites excluding steroid dienone is 4. The molecule has 3 nitrogen and oxygen atoms in total. The molecule has 2 saturated carbocycles. The molecule has 0 unspecified atom stereocenters. The van der Waals surface area contributed by atoms with Crippen molar-refractivity contribution in [3.63, 3.8) is 0 Å². The summed E-state index contributed by atoms with van der Waals surface area (Å²) >= 11 is 0. The van der Waals surface area contributed by atoms with Crippen LogP contribution in [-0.4, -0.2) is 28.5 Å². The Labute approximate surface area is 136 Å². The van der Waals surface area contributed by atoms with Crippen molar-refractivity contribution in [3.05, 3.63) is 35.6 Å². The molecule has 23 heavy (non-hydrogen) atoms. The van der Waals surface area contributed by atoms with Gasteiger partial charge in [-0.3, -0.25) is 0 Å². The monoisotopic (exact) mass is 319 g/mol. The Morgan fingerprint density at radius 2 is 2.04 bits per heavy atom. The first-order valence-electron chi connectivity index (χ1n) is 8.67. The van der Waals surface area contributed by atoms with Gasteiger partial charge in [0, 0.05) is 11.5 Å². The molecular weight excluding hydrogens is 293 g/mol. The summed E-state index contributed by atoms with van der Waals surface area (Å²) < 4.78 is 14.4. The standard InChI is InChI=1S/C19H26FNO2/c1-18-5-3-11(22)7-10(18)8-15(23)16-12(18)4-6-19(2)13(16)9-14(20)17(19)21/h3,5,7-8,12-17,22-23H,4,6,9,21H2,1-2H3/t12-,13-,14+,15-,16+,17-,18-,19-/m0/s1. The van der Waals surface area contributed by atoms with E-state index in [2.05, 4.69) is 19.9 Å². The fourth-order valence-corrected chi connectivity index (χ4v) is 5.96. The molecule has 0 aromatic rings. The maximum atomic E-state index is 14.4. The number of aliphatic hydroxyl groups excluding tert-OH is 2. The van der Waals surface area contributed by atoms with E-state index in [4.69, 9.17) is 5.73 Å². The molecule has 4 aliphatic carbocycles. The third-order valence-electron chi connectivity index (χ3n) is 7.44. The number of alkyl halides is 1. The minimum absolute atomic E-state index is 0.0348. The molecule has 0 saturated heterocycles. The fourth-order valence-electron chi connectivity index (χ4n) is 5.96. The van der Waals surface area contributed by atoms with Crippen molar-refractivity contribution in [2.75, 3.05) is 0 Å². The largest absolute Gasteiger partial charge is 0.508 e. The van der Waals surface area contributed by atoms with Crippen LogP contribution in [0.15, 0.2) is 35.6 Å². The van der Waals surface area contributed by atoms with Crippen molar-refractivity contribution in [1.29, 1.82) is 0 Å². The van der Waals surface area contributed by atoms with Crippen LogP contribution in [0.1, 0.15) is 33.1 Å². The van der Waals surface area contributed by atoms with Gasteiger partial charge in [0.1, 0.15) is 11.9 Å². The van der Waals surface area contributed by atoms with Crippen LogP contribution in [0.5, 0.6) is 0 Å². The van der Waals surface area contributed by atoms with Gasteiger partial charge < -0.3 is 15.9 Å². The quantitative estimate of drug-likeness (QED) is 0.643. The predicted octanol–water partition coefficient (Wildman–Crippen LogP) is 3.02. The van der Waals surface area contributed by atoms with Gasteiger partial charge in [0.2, 0.25) is 0 Å². The summed E-state index contributed by atoms with van der Waals surface area (Å²) in [5.41, 5.74) is 6.75. The highest BCUT2D eigenvalue weighted by Gasteiger charge is 2.61. The Morgan fingerprint density at radius 3 is 2.78 bits per heavy atom. The van der Waals surface area contributed by atoms with Crippen molar-refractivity contribution < 1.29 is 14.6 Å². The third kappa shape index (κ3) is 1.88. The molecule has 4 aliphatic rings. The number of halogens is 1. The minimum Gasteiger partial charge on any atom is -0.508 e. The van der Waals surface area contributed by atoms with E-state index in [1.165, 1.54) is 0 Å². The second-order valence-electron chi connectivity index (χ2n) is 8.41. The number of hydrogen-bond acceptors (Lipinski definition) is 3. The molecule has 0 aromatic heterocycles. The van der Waals surface area contributed by atoms with E-state index in [0.29, 0.717) is 6.42 Å². The van der Waals surface area contributed by atoms with Crippen molar-refractivity contribution >= 4 is 0 Å². The first-order chi connectivity index (χ1) is 10.8. The van der Waals surface area contributed by atoms with Crippen molar-refractivity contribution in [2.45, 2.75) is 51.4 Å². The highest BCUT2D eigenvalue weighted by molar-refractivity contribution is 5.44. The molecule has 0 aliphatic heterocycles. The molecule has 2 fully saturated rings. The average molecular weight is 319 g/mol. The molecule has 126 valence electrons. The number of nitrogens with two attached hydrogens (primary N) is 1. The van der Waals surface area contributed by atoms with Gasteiger partial charge in [-0.2, -0.15) is 0 Å². The fraction of sp³-hybridized carbons (Fsp3) is 0.684. The Morgan fingerprint density at radius 1 is 1.30 bits per heavy atom. The lowest BCUT2D eigenvalue weighted by Gasteiger charge is -2.56. The maximum Gasteiger partial charge on any atom is 0.116 e. The Balaban J connectivity index is 1.78. The lowest BCUT2D eigenvalue weighted by atomic mass is 9.49. The Kier molecular flexibility index (Phi) is 3.15. The summed E-state index contributed by atoms with van der Waals surface area (Å²) in [4.78, 5) is 0. The SMILES string of the molecule is C[C@]12CC[C@H]3[C@@H]([C@@H](O)C=C4C=C(O)C=C[C@@]43C)[C@@H]1C[C@@H](F)[C@@H]2N. The van der Waals surface area contributed by atoms with Crippen LogP contribution >= 0.6 is 0 Å². The predicted molar refractivity (Wildman–Crippen MR) is 87.3 cm³/mol. The normalized spacial score (nSPS) is 54.7. The molecular formula is C19H26FNO2. The van der Waals surface area contributed by atoms with Gasteiger partial charge in [-0.05, 0) is 60.2 Å². The Bertz CT molecular complexity index is 627. The van der Waals surface area contributed by atoms with E-state index in [1.54, 1.807) is 12.2 Å². The second kappa shape index (κ2) is 4.70. The highest BCUT2D eigenvalue weighted by atomic mass is 19.1. The van der Waals surface area contributed by atoms with Crippen LogP contribution in [-0.2, 0) is 0 Å². The zero-order valence-electron chi connectivity index (χ0n) is 13.7. The minimum atomic E-state index is -0.972. The van der Waals surface area contributed by atoms with Gasteiger partial charge in [-0.1, -0.05) is 26.0 Å². The zero-order valence-corrected chi connectivity index (χ0v) is 13.7. The molecule has 0 bridgehead atoms. The Hall–Kier alpha value is -1.13. The van der Waals surface area contributed by atoms with Crippen LogP contribution < -0.4 is 5.73 Å². The molecule has 0 radical (unpaired) electrons. The van der Waals surface area contributed by atoms with Gasteiger partial charge >= 0.3 is 0 Å². The molecule has 0 amide bonds. The number of fused-ring (bicyclic) bond motifs is 5. The van der Waals surface area contributed by atoms with Crippen LogP contribution in [0.25, 0.3) is 0 Å². The van der Waals surface area contributed by atoms with Crippen LogP contribution in [0.4, 0.5) is 4.39 Å². The molecule has 0 spiro atoms. The number of aliphatic hydroxyl groups is 2. The number of hydrogen-bond donors (Lipinski definition) is 3. The van der Waals surface area contributed by atoms with Gasteiger partial charge in [0.15, 0.2) is 0 Å². The lowest BCUT2D eigenvalue weighted by molar-refractivity contribution is -0.0616. The summed E-state index contributed by atoms with van der Waals surface area (Å²) in [6.45, 7) is 4.28. The molecule has 4 heteroatoms. The zero-order chi connectivity index (χ0) is 16.6. The molecule has 8 atom stereocenters. The molecule has 0 aromatic carbocycles. The van der Waals surface area contributed by atoms with E-state index in [0.717, 1.165) is 18.4 Å². The summed E-state index contributed by atoms with van der Waals surface area (Å²) in [7, 11) is 0. The summed E-state index contributed by atoms with van der Waals surface area (Å²) in [5, 5.41) is 20.6. The van der Waals surface area contributed by atoms with E-state index in [1.807, 2.05) is 6.08 Å². The van der Waals surface area contributed by atoms with Crippen molar-refractivity contribution in [2.24, 2.45) is 34.3 Å². The van der Waals surface area contributed by atoms with Gasteiger partial charge in [-0.15, -0.1) is 0 Å². The van der Waals surface area contributed by atoms with Crippen molar-refractivity contribution in [3.8, 4) is 0 Å². The van der Waals surface area contributed by atoms with E-state index < -0.39 is 18.3 Å². The van der Waals surface area contributed by atoms with Crippen LogP contribution in [0.2, 0.25) is 0 Å². The smallest absolute Gasteiger partial charge is 0.116 e. The van der Waals surface area contributed by atoms with Crippen molar-refractivity contribution in [1.82, 2.24) is 0 Å². The first-order valence-corrected chi connectivity index (χ1v) is 8.67. The maximum absolute atomic E-state index is 14.4. The highest BCUT2D eigenvalue weighted by Crippen LogP contribution is 2.63. The van der Waals surface area contributed by atoms with Crippen LogP contribution in [0.3, 0.4) is 0 Å². The average Bonchev–Trinajstić information content (AvgIpc) is 2.73. The molecule has 4 N–H and O–H groups in total. The van der Waals surface area contributed by atoms with Crippen LogP contribution in [0, 0.1) is 28.6 Å². The molecule has 4 rings (SSSR count). The van der Waals surface area contributed by atoms with Gasteiger partial charge in [0.05, 0.1) is 6.10 Å². The van der Waals surface area contributed by atoms with Gasteiger partial charge in [0.25, 0.3) is 0 Å². The summed E-state index contributed by atoms with van der Waals surface area (Å²) in [6.07, 6.45) is 8.15. The lowest BCUT2D eigenvalue weighted by Crippen LogP contribution is -2.55. The third-order valence-corrected chi connectivity index (χ3v) is 7.44. The van der Waals surface area contributed by atoms with E-state index in [-0.39, 0.29) is 34.3 Å². The number of rotatable bonds is 0. The molecule has 0 heterocycles. The summed E-state index contributed by atoms with van der Waals surface area (Å²) in [6, 6.07) is -0.426. The summed E-state index contributed by atoms with van der Waals surface area (Å²) in [5.74, 6) is 0.636. The van der Waals surface area contributed by atoms with E-state index >= 15 is 0 Å². The topological polar surface area (TPSA) is 66.5 Å². The van der Waals surface area contributed by atoms with Gasteiger partial charge in [-0.25, -0.2) is 4.39 Å².